The monoisotopic (exact) mass is 408 g/mol. The van der Waals surface area contributed by atoms with E-state index in [0.717, 1.165) is 22.6 Å². The molecule has 0 amide bonds. The third kappa shape index (κ3) is 4.25. The molecule has 0 aliphatic rings. The van der Waals surface area contributed by atoms with Crippen molar-refractivity contribution >= 4 is 11.6 Å². The summed E-state index contributed by atoms with van der Waals surface area (Å²) in [4.78, 5) is 7.78. The number of nitrogens with zero attached hydrogens (tertiary/aromatic N) is 1. The zero-order valence-corrected chi connectivity index (χ0v) is 16.4. The Kier molecular flexibility index (Phi) is 5.49. The van der Waals surface area contributed by atoms with Crippen LogP contribution in [0.15, 0.2) is 72.9 Å². The lowest BCUT2D eigenvalue weighted by Gasteiger charge is -2.11. The molecule has 29 heavy (non-hydrogen) atoms. The van der Waals surface area contributed by atoms with Crippen LogP contribution in [-0.4, -0.2) is 17.1 Å². The minimum absolute atomic E-state index is 0.0910. The number of methoxy groups -OCH3 is 1. The van der Waals surface area contributed by atoms with Gasteiger partial charge in [-0.1, -0.05) is 48.0 Å². The van der Waals surface area contributed by atoms with Gasteiger partial charge in [0, 0.05) is 27.8 Å². The summed E-state index contributed by atoms with van der Waals surface area (Å²) in [7, 11) is 1.59. The van der Waals surface area contributed by atoms with Crippen LogP contribution < -0.4 is 9.47 Å². The molecule has 0 aliphatic heterocycles. The van der Waals surface area contributed by atoms with E-state index in [4.69, 9.17) is 21.1 Å². The first-order valence-corrected chi connectivity index (χ1v) is 9.37. The number of ether oxygens (including phenoxy) is 2. The van der Waals surface area contributed by atoms with E-state index in [9.17, 15) is 4.39 Å². The molecule has 0 spiro atoms. The van der Waals surface area contributed by atoms with Gasteiger partial charge in [-0.2, -0.15) is 0 Å². The van der Waals surface area contributed by atoms with E-state index < -0.39 is 5.82 Å². The number of nitrogens with one attached hydrogen (secondary N) is 1. The molecule has 4 rings (SSSR count). The quantitative estimate of drug-likeness (QED) is 0.418. The number of hydrogen-bond donors (Lipinski definition) is 1. The Morgan fingerprint density at radius 1 is 1.03 bits per heavy atom. The van der Waals surface area contributed by atoms with Gasteiger partial charge in [0.15, 0.2) is 0 Å². The third-order valence-corrected chi connectivity index (χ3v) is 4.73. The summed E-state index contributed by atoms with van der Waals surface area (Å²) < 4.78 is 25.2. The van der Waals surface area contributed by atoms with E-state index >= 15 is 0 Å². The van der Waals surface area contributed by atoms with Crippen LogP contribution in [0.25, 0.3) is 22.6 Å². The first-order valence-electron chi connectivity index (χ1n) is 8.99. The smallest absolute Gasteiger partial charge is 0.137 e. The van der Waals surface area contributed by atoms with Crippen LogP contribution in [0.5, 0.6) is 11.5 Å². The van der Waals surface area contributed by atoms with Crippen molar-refractivity contribution in [2.75, 3.05) is 7.11 Å². The lowest BCUT2D eigenvalue weighted by Crippen LogP contribution is -1.99. The molecular weight excluding hydrogens is 391 g/mol. The van der Waals surface area contributed by atoms with E-state index in [0.29, 0.717) is 22.1 Å². The molecule has 6 heteroatoms. The summed E-state index contributed by atoms with van der Waals surface area (Å²) in [5.41, 5.74) is 3.12. The van der Waals surface area contributed by atoms with Crippen LogP contribution in [0, 0.1) is 5.82 Å². The molecular formula is C23H18ClFN2O2. The predicted octanol–water partition coefficient (Wildman–Crippen LogP) is 6.12. The first-order chi connectivity index (χ1) is 14.1. The van der Waals surface area contributed by atoms with Crippen molar-refractivity contribution in [3.05, 3.63) is 89.3 Å². The van der Waals surface area contributed by atoms with Crippen LogP contribution in [-0.2, 0) is 6.61 Å². The van der Waals surface area contributed by atoms with Gasteiger partial charge in [0.25, 0.3) is 0 Å². The maximum Gasteiger partial charge on any atom is 0.137 e. The first kappa shape index (κ1) is 19.0. The standard InChI is InChI=1S/C23H18ClFN2O2/c1-28-22-12-18(29-14-16-7-8-17(24)11-20(16)25)9-10-19(22)21-13-26-23(27-21)15-5-3-2-4-6-15/h2-13H,14H2,1H3,(H,26,27). The number of hydrogen-bond acceptors (Lipinski definition) is 3. The van der Waals surface area contributed by atoms with Crippen molar-refractivity contribution in [2.45, 2.75) is 6.61 Å². The molecule has 146 valence electrons. The zero-order valence-electron chi connectivity index (χ0n) is 15.7. The molecule has 0 aliphatic carbocycles. The largest absolute Gasteiger partial charge is 0.496 e. The van der Waals surface area contributed by atoms with Gasteiger partial charge in [0.2, 0.25) is 0 Å². The minimum atomic E-state index is -0.396. The Morgan fingerprint density at radius 3 is 2.62 bits per heavy atom. The van der Waals surface area contributed by atoms with Gasteiger partial charge >= 0.3 is 0 Å². The molecule has 4 aromatic rings. The van der Waals surface area contributed by atoms with Crippen LogP contribution in [0.3, 0.4) is 0 Å². The highest BCUT2D eigenvalue weighted by Crippen LogP contribution is 2.33. The molecule has 1 aromatic heterocycles. The van der Waals surface area contributed by atoms with Crippen molar-refractivity contribution in [3.8, 4) is 34.1 Å². The molecule has 0 bridgehead atoms. The highest BCUT2D eigenvalue weighted by Gasteiger charge is 2.12. The third-order valence-electron chi connectivity index (χ3n) is 4.50. The summed E-state index contributed by atoms with van der Waals surface area (Å²) in [5, 5.41) is 0.353. The minimum Gasteiger partial charge on any atom is -0.496 e. The molecule has 3 aromatic carbocycles. The fourth-order valence-corrected chi connectivity index (χ4v) is 3.14. The fourth-order valence-electron chi connectivity index (χ4n) is 2.98. The Bertz CT molecular complexity index is 1130. The molecule has 0 saturated carbocycles. The Balaban J connectivity index is 1.55. The van der Waals surface area contributed by atoms with Crippen LogP contribution >= 0.6 is 11.6 Å². The number of rotatable bonds is 6. The van der Waals surface area contributed by atoms with Crippen molar-refractivity contribution < 1.29 is 13.9 Å². The Hall–Kier alpha value is -3.31. The van der Waals surface area contributed by atoms with E-state index in [2.05, 4.69) is 9.97 Å². The van der Waals surface area contributed by atoms with Crippen LogP contribution in [0.4, 0.5) is 4.39 Å². The van der Waals surface area contributed by atoms with Gasteiger partial charge in [0.1, 0.15) is 29.7 Å². The van der Waals surface area contributed by atoms with Gasteiger partial charge in [-0.15, -0.1) is 0 Å². The highest BCUT2D eigenvalue weighted by atomic mass is 35.5. The van der Waals surface area contributed by atoms with Gasteiger partial charge in [-0.25, -0.2) is 9.37 Å². The Morgan fingerprint density at radius 2 is 1.86 bits per heavy atom. The molecule has 4 nitrogen and oxygen atoms in total. The maximum absolute atomic E-state index is 13.9. The lowest BCUT2D eigenvalue weighted by atomic mass is 10.1. The number of imidazole rings is 1. The van der Waals surface area contributed by atoms with E-state index in [1.807, 2.05) is 42.5 Å². The van der Waals surface area contributed by atoms with Gasteiger partial charge in [-0.3, -0.25) is 0 Å². The number of benzene rings is 3. The van der Waals surface area contributed by atoms with Crippen LogP contribution in [0.1, 0.15) is 5.56 Å². The van der Waals surface area contributed by atoms with Gasteiger partial charge in [0.05, 0.1) is 19.0 Å². The maximum atomic E-state index is 13.9. The van der Waals surface area contributed by atoms with Crippen molar-refractivity contribution in [1.82, 2.24) is 9.97 Å². The van der Waals surface area contributed by atoms with Gasteiger partial charge in [-0.05, 0) is 24.3 Å². The summed E-state index contributed by atoms with van der Waals surface area (Å²) in [6.07, 6.45) is 1.77. The molecule has 1 N–H and O–H groups in total. The molecule has 0 fully saturated rings. The second-order valence-corrected chi connectivity index (χ2v) is 6.83. The van der Waals surface area contributed by atoms with E-state index in [1.54, 1.807) is 31.5 Å². The molecule has 1 heterocycles. The molecule has 0 atom stereocenters. The lowest BCUT2D eigenvalue weighted by molar-refractivity contribution is 0.297. The summed E-state index contributed by atoms with van der Waals surface area (Å²) in [6.45, 7) is 0.0910. The number of halogens is 2. The molecule has 0 radical (unpaired) electrons. The zero-order chi connectivity index (χ0) is 20.2. The SMILES string of the molecule is COc1cc(OCc2ccc(Cl)cc2F)ccc1-c1cnc(-c2ccccc2)[nH]1. The predicted molar refractivity (Wildman–Crippen MR) is 112 cm³/mol. The Labute approximate surface area is 172 Å². The van der Waals surface area contributed by atoms with Crippen molar-refractivity contribution in [2.24, 2.45) is 0 Å². The van der Waals surface area contributed by atoms with Gasteiger partial charge < -0.3 is 14.5 Å². The average Bonchev–Trinajstić information content (AvgIpc) is 3.23. The topological polar surface area (TPSA) is 47.1 Å². The number of aromatic amines is 1. The van der Waals surface area contributed by atoms with E-state index in [-0.39, 0.29) is 6.61 Å². The van der Waals surface area contributed by atoms with Crippen molar-refractivity contribution in [3.63, 3.8) is 0 Å². The highest BCUT2D eigenvalue weighted by molar-refractivity contribution is 6.30. The summed E-state index contributed by atoms with van der Waals surface area (Å²) in [6, 6.07) is 19.9. The second kappa shape index (κ2) is 8.37. The second-order valence-electron chi connectivity index (χ2n) is 6.40. The summed E-state index contributed by atoms with van der Waals surface area (Å²) >= 11 is 5.78. The summed E-state index contributed by atoms with van der Waals surface area (Å²) in [5.74, 6) is 1.58. The van der Waals surface area contributed by atoms with Crippen LogP contribution in [0.2, 0.25) is 5.02 Å². The number of aromatic nitrogens is 2. The fraction of sp³-hybridized carbons (Fsp3) is 0.0870. The number of H-pyrrole nitrogens is 1. The van der Waals surface area contributed by atoms with E-state index in [1.165, 1.54) is 6.07 Å². The molecule has 0 unspecified atom stereocenters. The normalized spacial score (nSPS) is 10.7. The average molecular weight is 409 g/mol. The van der Waals surface area contributed by atoms with Crippen molar-refractivity contribution in [1.29, 1.82) is 0 Å². The molecule has 0 saturated heterocycles.